The molecule has 4 heteroatoms. The third kappa shape index (κ3) is 7.78. The molecule has 98 valence electrons. The van der Waals surface area contributed by atoms with Gasteiger partial charge in [-0.05, 0) is 24.9 Å². The van der Waals surface area contributed by atoms with Crippen molar-refractivity contribution in [2.45, 2.75) is 27.2 Å². The minimum Gasteiger partial charge on any atom is -0.344 e. The van der Waals surface area contributed by atoms with Gasteiger partial charge in [0, 0.05) is 6.54 Å². The Bertz CT molecular complexity index is 268. The number of nitrogens with zero attached hydrogens (tertiary/aromatic N) is 1. The van der Waals surface area contributed by atoms with E-state index in [4.69, 9.17) is 12.2 Å². The summed E-state index contributed by atoms with van der Waals surface area (Å²) in [5.41, 5.74) is 5.74. The molecule has 0 aromatic heterocycles. The van der Waals surface area contributed by atoms with Crippen LogP contribution in [-0.4, -0.2) is 43.5 Å². The summed E-state index contributed by atoms with van der Waals surface area (Å²) in [5, 5.41) is 2.68. The summed E-state index contributed by atoms with van der Waals surface area (Å²) in [6.07, 6.45) is 6.11. The molecule has 0 aliphatic heterocycles. The van der Waals surface area contributed by atoms with Crippen molar-refractivity contribution in [3.05, 3.63) is 0 Å². The quantitative estimate of drug-likeness (QED) is 0.604. The molecule has 0 atom stereocenters. The van der Waals surface area contributed by atoms with Gasteiger partial charge in [0.2, 0.25) is 5.91 Å². The van der Waals surface area contributed by atoms with Gasteiger partial charge in [0.15, 0.2) is 0 Å². The fraction of sp³-hybridized carbons (Fsp3) is 0.769. The molecular formula is C13H25N3O. The van der Waals surface area contributed by atoms with E-state index in [2.05, 4.69) is 36.9 Å². The summed E-state index contributed by atoms with van der Waals surface area (Å²) in [7, 11) is 0. The highest BCUT2D eigenvalue weighted by Crippen LogP contribution is 2.14. The fourth-order valence-electron chi connectivity index (χ4n) is 1.61. The number of terminal acetylenes is 1. The van der Waals surface area contributed by atoms with Crippen LogP contribution in [0.4, 0.5) is 0 Å². The maximum atomic E-state index is 11.6. The van der Waals surface area contributed by atoms with Crippen molar-refractivity contribution in [1.29, 1.82) is 0 Å². The van der Waals surface area contributed by atoms with Gasteiger partial charge in [0.1, 0.15) is 0 Å². The molecule has 0 saturated carbocycles. The predicted molar refractivity (Wildman–Crippen MR) is 71.4 cm³/mol. The average Bonchev–Trinajstić information content (AvgIpc) is 2.26. The van der Waals surface area contributed by atoms with Crippen LogP contribution in [0.15, 0.2) is 0 Å². The van der Waals surface area contributed by atoms with Crippen molar-refractivity contribution in [3.63, 3.8) is 0 Å². The first-order valence-corrected chi connectivity index (χ1v) is 6.07. The molecule has 0 radical (unpaired) electrons. The average molecular weight is 239 g/mol. The highest BCUT2D eigenvalue weighted by molar-refractivity contribution is 5.78. The van der Waals surface area contributed by atoms with Crippen molar-refractivity contribution >= 4 is 5.91 Å². The summed E-state index contributed by atoms with van der Waals surface area (Å²) in [5.74, 6) is 2.37. The first kappa shape index (κ1) is 16.0. The van der Waals surface area contributed by atoms with Crippen molar-refractivity contribution in [2.24, 2.45) is 11.1 Å². The zero-order valence-electron chi connectivity index (χ0n) is 11.3. The van der Waals surface area contributed by atoms with Crippen molar-refractivity contribution in [3.8, 4) is 12.3 Å². The molecule has 0 spiro atoms. The second kappa shape index (κ2) is 8.10. The lowest BCUT2D eigenvalue weighted by Crippen LogP contribution is -2.44. The van der Waals surface area contributed by atoms with E-state index in [1.807, 2.05) is 0 Å². The van der Waals surface area contributed by atoms with Gasteiger partial charge in [-0.25, -0.2) is 0 Å². The summed E-state index contributed by atoms with van der Waals surface area (Å²) >= 11 is 0. The van der Waals surface area contributed by atoms with Gasteiger partial charge in [0.25, 0.3) is 0 Å². The smallest absolute Gasteiger partial charge is 0.234 e. The van der Waals surface area contributed by atoms with E-state index in [0.717, 1.165) is 19.5 Å². The van der Waals surface area contributed by atoms with Gasteiger partial charge in [-0.2, -0.15) is 0 Å². The number of rotatable bonds is 8. The first-order valence-electron chi connectivity index (χ1n) is 6.07. The summed E-state index contributed by atoms with van der Waals surface area (Å²) in [6, 6.07) is 0. The number of amides is 1. The summed E-state index contributed by atoms with van der Waals surface area (Å²) in [4.78, 5) is 13.7. The van der Waals surface area contributed by atoms with Crippen LogP contribution in [-0.2, 0) is 4.79 Å². The number of hydrogen-bond donors (Lipinski definition) is 2. The minimum absolute atomic E-state index is 0.0239. The molecule has 3 N–H and O–H groups in total. The molecule has 4 nitrogen and oxygen atoms in total. The minimum atomic E-state index is -0.0239. The molecule has 0 saturated heterocycles. The van der Waals surface area contributed by atoms with Crippen molar-refractivity contribution < 1.29 is 4.79 Å². The highest BCUT2D eigenvalue weighted by atomic mass is 16.2. The molecule has 1 amide bonds. The monoisotopic (exact) mass is 239 g/mol. The standard InChI is InChI=1S/C13H25N3O/c1-5-7-15-12(17)9-16(8-6-2)11-13(3,4)10-14/h1H,6-11,14H2,2-4H3,(H,15,17). The second-order valence-electron chi connectivity index (χ2n) is 5.06. The third-order valence-electron chi connectivity index (χ3n) is 2.50. The zero-order chi connectivity index (χ0) is 13.3. The second-order valence-corrected chi connectivity index (χ2v) is 5.06. The van der Waals surface area contributed by atoms with Crippen LogP contribution >= 0.6 is 0 Å². The Morgan fingerprint density at radius 2 is 2.18 bits per heavy atom. The molecule has 0 aromatic rings. The van der Waals surface area contributed by atoms with E-state index < -0.39 is 0 Å². The van der Waals surface area contributed by atoms with Gasteiger partial charge in [-0.15, -0.1) is 6.42 Å². The van der Waals surface area contributed by atoms with E-state index in [1.165, 1.54) is 0 Å². The molecule has 17 heavy (non-hydrogen) atoms. The maximum Gasteiger partial charge on any atom is 0.234 e. The maximum absolute atomic E-state index is 11.6. The SMILES string of the molecule is C#CCNC(=O)CN(CCC)CC(C)(C)CN. The topological polar surface area (TPSA) is 58.4 Å². The predicted octanol–water partition coefficient (Wildman–Crippen LogP) is 0.433. The highest BCUT2D eigenvalue weighted by Gasteiger charge is 2.21. The van der Waals surface area contributed by atoms with E-state index in [1.54, 1.807) is 0 Å². The lowest BCUT2D eigenvalue weighted by atomic mass is 9.93. The Balaban J connectivity index is 4.24. The van der Waals surface area contributed by atoms with Crippen LogP contribution in [0.2, 0.25) is 0 Å². The fourth-order valence-corrected chi connectivity index (χ4v) is 1.61. The van der Waals surface area contributed by atoms with Crippen LogP contribution in [0.25, 0.3) is 0 Å². The summed E-state index contributed by atoms with van der Waals surface area (Å²) in [6.45, 7) is 9.32. The molecule has 0 unspecified atom stereocenters. The van der Waals surface area contributed by atoms with Crippen LogP contribution in [0.5, 0.6) is 0 Å². The van der Waals surface area contributed by atoms with E-state index in [0.29, 0.717) is 19.6 Å². The Kier molecular flexibility index (Phi) is 7.60. The van der Waals surface area contributed by atoms with Crippen LogP contribution in [0.3, 0.4) is 0 Å². The number of nitrogens with one attached hydrogen (secondary N) is 1. The molecule has 0 aliphatic rings. The van der Waals surface area contributed by atoms with Gasteiger partial charge >= 0.3 is 0 Å². The van der Waals surface area contributed by atoms with E-state index in [9.17, 15) is 4.79 Å². The molecule has 0 heterocycles. The van der Waals surface area contributed by atoms with Gasteiger partial charge in [-0.1, -0.05) is 26.7 Å². The van der Waals surface area contributed by atoms with Crippen LogP contribution < -0.4 is 11.1 Å². The number of hydrogen-bond acceptors (Lipinski definition) is 3. The molecule has 0 aliphatic carbocycles. The van der Waals surface area contributed by atoms with Crippen molar-refractivity contribution in [2.75, 3.05) is 32.7 Å². The number of carbonyl (C=O) groups excluding carboxylic acids is 1. The lowest BCUT2D eigenvalue weighted by Gasteiger charge is -2.31. The van der Waals surface area contributed by atoms with Crippen molar-refractivity contribution in [1.82, 2.24) is 10.2 Å². The number of carbonyl (C=O) groups is 1. The van der Waals surface area contributed by atoms with E-state index >= 15 is 0 Å². The molecule has 0 fully saturated rings. The largest absolute Gasteiger partial charge is 0.344 e. The normalized spacial score (nSPS) is 11.3. The Hall–Kier alpha value is -1.05. The first-order chi connectivity index (χ1) is 7.95. The van der Waals surface area contributed by atoms with Crippen LogP contribution in [0.1, 0.15) is 27.2 Å². The molecular weight excluding hydrogens is 214 g/mol. The Labute approximate surface area is 105 Å². The lowest BCUT2D eigenvalue weighted by molar-refractivity contribution is -0.122. The van der Waals surface area contributed by atoms with Gasteiger partial charge in [-0.3, -0.25) is 9.69 Å². The van der Waals surface area contributed by atoms with Crippen LogP contribution in [0, 0.1) is 17.8 Å². The third-order valence-corrected chi connectivity index (χ3v) is 2.50. The van der Waals surface area contributed by atoms with E-state index in [-0.39, 0.29) is 11.3 Å². The molecule has 0 rings (SSSR count). The summed E-state index contributed by atoms with van der Waals surface area (Å²) < 4.78 is 0. The molecule has 0 bridgehead atoms. The Morgan fingerprint density at radius 1 is 1.53 bits per heavy atom. The Morgan fingerprint density at radius 3 is 2.65 bits per heavy atom. The number of nitrogens with two attached hydrogens (primary N) is 1. The van der Waals surface area contributed by atoms with Gasteiger partial charge in [0.05, 0.1) is 13.1 Å². The van der Waals surface area contributed by atoms with Gasteiger partial charge < -0.3 is 11.1 Å². The molecule has 0 aromatic carbocycles. The zero-order valence-corrected chi connectivity index (χ0v) is 11.3.